The molecule has 3 aliphatic rings. The molecule has 8 heteroatoms. The number of fused-ring (bicyclic) bond motifs is 1. The van der Waals surface area contributed by atoms with E-state index in [0.717, 1.165) is 4.90 Å². The van der Waals surface area contributed by atoms with Crippen LogP contribution in [0.4, 0.5) is 0 Å². The van der Waals surface area contributed by atoms with E-state index in [1.54, 1.807) is 29.2 Å². The van der Waals surface area contributed by atoms with Crippen LogP contribution in [0.25, 0.3) is 0 Å². The zero-order chi connectivity index (χ0) is 21.1. The molecule has 1 saturated heterocycles. The number of esters is 1. The van der Waals surface area contributed by atoms with E-state index >= 15 is 0 Å². The molecule has 1 aliphatic carbocycles. The Morgan fingerprint density at radius 2 is 1.57 bits per heavy atom. The van der Waals surface area contributed by atoms with Crippen molar-refractivity contribution in [2.24, 2.45) is 11.8 Å². The molecule has 3 amide bonds. The SMILES string of the molecule is O=C(OCCN1C(=O)c2ccccc2C1=O)[C@@H]1CC=CC[C@H]1C(=O)N1CCOCC1. The number of amides is 3. The normalized spacial score (nSPS) is 23.5. The van der Waals surface area contributed by atoms with E-state index in [2.05, 4.69) is 0 Å². The number of allylic oxidation sites excluding steroid dienone is 2. The lowest BCUT2D eigenvalue weighted by atomic mass is 9.82. The molecule has 0 saturated carbocycles. The number of benzene rings is 1. The van der Waals surface area contributed by atoms with E-state index < -0.39 is 17.8 Å². The Morgan fingerprint density at radius 3 is 2.20 bits per heavy atom. The lowest BCUT2D eigenvalue weighted by Gasteiger charge is -2.33. The zero-order valence-corrected chi connectivity index (χ0v) is 16.6. The number of carbonyl (C=O) groups excluding carboxylic acids is 4. The summed E-state index contributed by atoms with van der Waals surface area (Å²) in [7, 11) is 0. The Morgan fingerprint density at radius 1 is 0.967 bits per heavy atom. The molecular weight excluding hydrogens is 388 g/mol. The zero-order valence-electron chi connectivity index (χ0n) is 16.6. The monoisotopic (exact) mass is 412 g/mol. The van der Waals surface area contributed by atoms with Crippen LogP contribution in [-0.4, -0.2) is 72.9 Å². The molecule has 0 bridgehead atoms. The lowest BCUT2D eigenvalue weighted by molar-refractivity contribution is -0.156. The first kappa shape index (κ1) is 20.3. The van der Waals surface area contributed by atoms with Crippen LogP contribution in [-0.2, 0) is 19.1 Å². The van der Waals surface area contributed by atoms with E-state index in [4.69, 9.17) is 9.47 Å². The molecule has 8 nitrogen and oxygen atoms in total. The highest BCUT2D eigenvalue weighted by Crippen LogP contribution is 2.29. The number of morpholine rings is 1. The summed E-state index contributed by atoms with van der Waals surface area (Å²) in [5.41, 5.74) is 0.727. The summed E-state index contributed by atoms with van der Waals surface area (Å²) in [5.74, 6) is -2.31. The fraction of sp³-hybridized carbons (Fsp3) is 0.455. The van der Waals surface area contributed by atoms with Gasteiger partial charge in [-0.3, -0.25) is 24.1 Å². The Bertz CT molecular complexity index is 854. The summed E-state index contributed by atoms with van der Waals surface area (Å²) in [4.78, 5) is 53.2. The number of hydrogen-bond acceptors (Lipinski definition) is 6. The number of ether oxygens (including phenoxy) is 2. The molecule has 1 fully saturated rings. The van der Waals surface area contributed by atoms with Gasteiger partial charge >= 0.3 is 5.97 Å². The van der Waals surface area contributed by atoms with Crippen molar-refractivity contribution in [1.82, 2.24) is 9.80 Å². The van der Waals surface area contributed by atoms with E-state index in [0.29, 0.717) is 50.3 Å². The standard InChI is InChI=1S/C22H24N2O6/c25-19(23-9-12-29-13-10-23)17-7-3-4-8-18(17)22(28)30-14-11-24-20(26)15-5-1-2-6-16(15)21(24)27/h1-6,17-18H,7-14H2/t17-,18-/m1/s1. The van der Waals surface area contributed by atoms with Crippen LogP contribution >= 0.6 is 0 Å². The molecule has 0 N–H and O–H groups in total. The molecular formula is C22H24N2O6. The summed E-state index contributed by atoms with van der Waals surface area (Å²) in [5, 5.41) is 0. The molecule has 158 valence electrons. The first-order chi connectivity index (χ1) is 14.6. The second-order valence-corrected chi connectivity index (χ2v) is 7.57. The molecule has 1 aromatic carbocycles. The van der Waals surface area contributed by atoms with Crippen molar-refractivity contribution in [3.05, 3.63) is 47.5 Å². The minimum absolute atomic E-state index is 0.0112. The van der Waals surface area contributed by atoms with Crippen LogP contribution < -0.4 is 0 Å². The Labute approximate surface area is 174 Å². The molecule has 1 aromatic rings. The molecule has 0 aromatic heterocycles. The van der Waals surface area contributed by atoms with Gasteiger partial charge in [0.1, 0.15) is 6.61 Å². The van der Waals surface area contributed by atoms with Gasteiger partial charge in [-0.05, 0) is 25.0 Å². The summed E-state index contributed by atoms with van der Waals surface area (Å²) >= 11 is 0. The second-order valence-electron chi connectivity index (χ2n) is 7.57. The van der Waals surface area contributed by atoms with Crippen molar-refractivity contribution >= 4 is 23.7 Å². The predicted octanol–water partition coefficient (Wildman–Crippen LogP) is 1.27. The number of nitrogens with zero attached hydrogens (tertiary/aromatic N) is 2. The lowest BCUT2D eigenvalue weighted by Crippen LogP contribution is -2.47. The van der Waals surface area contributed by atoms with Crippen LogP contribution in [0, 0.1) is 11.8 Å². The van der Waals surface area contributed by atoms with Crippen LogP contribution in [0.2, 0.25) is 0 Å². The van der Waals surface area contributed by atoms with Gasteiger partial charge in [0, 0.05) is 13.1 Å². The Hall–Kier alpha value is -3.00. The predicted molar refractivity (Wildman–Crippen MR) is 106 cm³/mol. The highest BCUT2D eigenvalue weighted by Gasteiger charge is 2.38. The van der Waals surface area contributed by atoms with Gasteiger partial charge in [-0.15, -0.1) is 0 Å². The quantitative estimate of drug-likeness (QED) is 0.411. The van der Waals surface area contributed by atoms with Crippen LogP contribution in [0.3, 0.4) is 0 Å². The van der Waals surface area contributed by atoms with Gasteiger partial charge in [-0.1, -0.05) is 24.3 Å². The molecule has 0 unspecified atom stereocenters. The maximum absolute atomic E-state index is 12.9. The van der Waals surface area contributed by atoms with Gasteiger partial charge in [0.2, 0.25) is 5.91 Å². The minimum Gasteiger partial charge on any atom is -0.464 e. The molecule has 0 spiro atoms. The van der Waals surface area contributed by atoms with Crippen molar-refractivity contribution in [1.29, 1.82) is 0 Å². The second kappa shape index (κ2) is 8.79. The average molecular weight is 412 g/mol. The maximum Gasteiger partial charge on any atom is 0.310 e. The van der Waals surface area contributed by atoms with Gasteiger partial charge < -0.3 is 14.4 Å². The molecule has 4 rings (SSSR count). The largest absolute Gasteiger partial charge is 0.464 e. The summed E-state index contributed by atoms with van der Waals surface area (Å²) in [6, 6.07) is 6.63. The highest BCUT2D eigenvalue weighted by atomic mass is 16.5. The third-order valence-electron chi connectivity index (χ3n) is 5.81. The summed E-state index contributed by atoms with van der Waals surface area (Å²) in [6.07, 6.45) is 4.74. The number of rotatable bonds is 5. The molecule has 30 heavy (non-hydrogen) atoms. The third-order valence-corrected chi connectivity index (χ3v) is 5.81. The van der Waals surface area contributed by atoms with Gasteiger partial charge in [0.15, 0.2) is 0 Å². The fourth-order valence-electron chi connectivity index (χ4n) is 4.15. The average Bonchev–Trinajstić information content (AvgIpc) is 3.04. The minimum atomic E-state index is -0.562. The van der Waals surface area contributed by atoms with E-state index in [1.807, 2.05) is 12.2 Å². The van der Waals surface area contributed by atoms with Crippen LogP contribution in [0.1, 0.15) is 33.6 Å². The van der Waals surface area contributed by atoms with Gasteiger partial charge in [0.05, 0.1) is 42.7 Å². The van der Waals surface area contributed by atoms with Crippen molar-refractivity contribution in [2.75, 3.05) is 39.5 Å². The van der Waals surface area contributed by atoms with E-state index in [1.165, 1.54) is 0 Å². The smallest absolute Gasteiger partial charge is 0.310 e. The van der Waals surface area contributed by atoms with Crippen LogP contribution in [0.15, 0.2) is 36.4 Å². The van der Waals surface area contributed by atoms with Gasteiger partial charge in [-0.25, -0.2) is 0 Å². The molecule has 2 atom stereocenters. The number of carbonyl (C=O) groups is 4. The molecule has 2 aliphatic heterocycles. The number of hydrogen-bond donors (Lipinski definition) is 0. The topological polar surface area (TPSA) is 93.2 Å². The number of imide groups is 1. The first-order valence-corrected chi connectivity index (χ1v) is 10.2. The Kier molecular flexibility index (Phi) is 5.94. The molecule has 2 heterocycles. The van der Waals surface area contributed by atoms with Gasteiger partial charge in [0.25, 0.3) is 11.8 Å². The summed E-state index contributed by atoms with van der Waals surface area (Å²) < 4.78 is 10.7. The van der Waals surface area contributed by atoms with Crippen LogP contribution in [0.5, 0.6) is 0 Å². The third kappa shape index (κ3) is 3.87. The van der Waals surface area contributed by atoms with Crippen molar-refractivity contribution < 1.29 is 28.7 Å². The summed E-state index contributed by atoms with van der Waals surface area (Å²) in [6.45, 7) is 1.96. The van der Waals surface area contributed by atoms with Gasteiger partial charge in [-0.2, -0.15) is 0 Å². The maximum atomic E-state index is 12.9. The fourth-order valence-corrected chi connectivity index (χ4v) is 4.15. The van der Waals surface area contributed by atoms with Crippen molar-refractivity contribution in [2.45, 2.75) is 12.8 Å². The van der Waals surface area contributed by atoms with Crippen molar-refractivity contribution in [3.63, 3.8) is 0 Å². The van der Waals surface area contributed by atoms with E-state index in [9.17, 15) is 19.2 Å². The Balaban J connectivity index is 1.34. The van der Waals surface area contributed by atoms with Crippen molar-refractivity contribution in [3.8, 4) is 0 Å². The highest BCUT2D eigenvalue weighted by molar-refractivity contribution is 6.21. The molecule has 0 radical (unpaired) electrons. The first-order valence-electron chi connectivity index (χ1n) is 10.2. The van der Waals surface area contributed by atoms with E-state index in [-0.39, 0.29) is 30.9 Å².